The zero-order valence-corrected chi connectivity index (χ0v) is 9.70. The Morgan fingerprint density at radius 2 is 2.13 bits per heavy atom. The number of aliphatic hydroxyl groups excluding tert-OH is 1. The summed E-state index contributed by atoms with van der Waals surface area (Å²) in [6, 6.07) is 0. The molecule has 1 atom stereocenters. The van der Waals surface area contributed by atoms with E-state index in [9.17, 15) is 14.5 Å². The quantitative estimate of drug-likeness (QED) is 0.570. The van der Waals surface area contributed by atoms with Gasteiger partial charge < -0.3 is 14.4 Å². The van der Waals surface area contributed by atoms with Crippen LogP contribution in [0.5, 0.6) is 0 Å². The third-order valence-electron chi connectivity index (χ3n) is 2.28. The average Bonchev–Trinajstić information content (AvgIpc) is 2.54. The van der Waals surface area contributed by atoms with Crippen LogP contribution in [0.25, 0.3) is 0 Å². The monoisotopic (exact) mass is 234 g/mol. The lowest BCUT2D eigenvalue weighted by atomic mass is 10.3. The fourth-order valence-corrected chi connectivity index (χ4v) is 2.35. The van der Waals surface area contributed by atoms with Gasteiger partial charge in [0.1, 0.15) is 0 Å². The van der Waals surface area contributed by atoms with Gasteiger partial charge in [-0.25, -0.2) is 4.79 Å². The Morgan fingerprint density at radius 3 is 2.53 bits per heavy atom. The Bertz CT molecular complexity index is 314. The van der Waals surface area contributed by atoms with Gasteiger partial charge in [-0.15, -0.1) is 0 Å². The van der Waals surface area contributed by atoms with E-state index in [1.165, 1.54) is 6.08 Å². The van der Waals surface area contributed by atoms with Crippen molar-refractivity contribution in [2.24, 2.45) is 0 Å². The molecule has 1 rings (SSSR count). The molecule has 0 saturated carbocycles. The van der Waals surface area contributed by atoms with E-state index in [1.54, 1.807) is 13.8 Å². The SMILES string of the molecule is CCP(=O)(CC)OCC1=CC(=O)OC1O. The fraction of sp³-hybridized carbons (Fsp3) is 0.667. The number of rotatable bonds is 5. The summed E-state index contributed by atoms with van der Waals surface area (Å²) in [5.41, 5.74) is 0.321. The van der Waals surface area contributed by atoms with Gasteiger partial charge in [0, 0.05) is 24.0 Å². The first kappa shape index (κ1) is 12.4. The largest absolute Gasteiger partial charge is 0.429 e. The zero-order valence-electron chi connectivity index (χ0n) is 8.80. The molecule has 1 heterocycles. The highest BCUT2D eigenvalue weighted by atomic mass is 31.2. The average molecular weight is 234 g/mol. The first-order chi connectivity index (χ1) is 7.00. The van der Waals surface area contributed by atoms with Gasteiger partial charge >= 0.3 is 5.97 Å². The van der Waals surface area contributed by atoms with Crippen LogP contribution < -0.4 is 0 Å². The van der Waals surface area contributed by atoms with Gasteiger partial charge in [0.2, 0.25) is 13.7 Å². The summed E-state index contributed by atoms with van der Waals surface area (Å²) in [4.78, 5) is 10.7. The first-order valence-corrected chi connectivity index (χ1v) is 6.82. The summed E-state index contributed by atoms with van der Waals surface area (Å²) in [5.74, 6) is -0.594. The van der Waals surface area contributed by atoms with E-state index in [1.807, 2.05) is 0 Å². The molecule has 6 heteroatoms. The van der Waals surface area contributed by atoms with Crippen LogP contribution in [0.4, 0.5) is 0 Å². The molecule has 0 aliphatic carbocycles. The molecule has 15 heavy (non-hydrogen) atoms. The van der Waals surface area contributed by atoms with Crippen molar-refractivity contribution in [3.8, 4) is 0 Å². The number of ether oxygens (including phenoxy) is 1. The maximum Gasteiger partial charge on any atom is 0.333 e. The molecule has 0 aromatic rings. The van der Waals surface area contributed by atoms with E-state index < -0.39 is 19.6 Å². The van der Waals surface area contributed by atoms with Gasteiger partial charge in [-0.2, -0.15) is 0 Å². The summed E-state index contributed by atoms with van der Waals surface area (Å²) in [6.45, 7) is 3.54. The number of carbonyl (C=O) groups is 1. The maximum absolute atomic E-state index is 11.8. The molecule has 1 unspecified atom stereocenters. The number of cyclic esters (lactones) is 1. The third-order valence-corrected chi connectivity index (χ3v) is 4.81. The second-order valence-electron chi connectivity index (χ2n) is 3.23. The number of hydrogen-bond acceptors (Lipinski definition) is 5. The van der Waals surface area contributed by atoms with Gasteiger partial charge in [0.25, 0.3) is 0 Å². The van der Waals surface area contributed by atoms with Crippen LogP contribution in [0.2, 0.25) is 0 Å². The molecule has 0 aromatic heterocycles. The van der Waals surface area contributed by atoms with E-state index in [0.29, 0.717) is 17.9 Å². The Labute approximate surface area is 88.5 Å². The van der Waals surface area contributed by atoms with Crippen molar-refractivity contribution < 1.29 is 23.7 Å². The van der Waals surface area contributed by atoms with Crippen LogP contribution in [0.3, 0.4) is 0 Å². The molecule has 5 nitrogen and oxygen atoms in total. The van der Waals surface area contributed by atoms with E-state index in [4.69, 9.17) is 4.52 Å². The minimum Gasteiger partial charge on any atom is -0.429 e. The van der Waals surface area contributed by atoms with Crippen molar-refractivity contribution >= 4 is 13.3 Å². The second-order valence-corrected chi connectivity index (χ2v) is 6.38. The van der Waals surface area contributed by atoms with Crippen molar-refractivity contribution in [1.29, 1.82) is 0 Å². The maximum atomic E-state index is 11.8. The Hall–Kier alpha value is -0.640. The lowest BCUT2D eigenvalue weighted by Crippen LogP contribution is -2.13. The summed E-state index contributed by atoms with van der Waals surface area (Å²) < 4.78 is 21.5. The predicted molar refractivity (Wildman–Crippen MR) is 54.8 cm³/mol. The molecular formula is C9H15O5P. The van der Waals surface area contributed by atoms with Gasteiger partial charge in [-0.05, 0) is 0 Å². The Kier molecular flexibility index (Phi) is 4.08. The molecular weight excluding hydrogens is 219 g/mol. The Balaban J connectivity index is 2.54. The molecule has 0 fully saturated rings. The summed E-state index contributed by atoms with van der Waals surface area (Å²) in [5, 5.41) is 9.22. The van der Waals surface area contributed by atoms with Crippen molar-refractivity contribution in [2.75, 3.05) is 18.9 Å². The Morgan fingerprint density at radius 1 is 1.53 bits per heavy atom. The fourth-order valence-electron chi connectivity index (χ4n) is 1.15. The summed E-state index contributed by atoms with van der Waals surface area (Å²) in [7, 11) is -2.60. The molecule has 1 aliphatic rings. The lowest BCUT2D eigenvalue weighted by molar-refractivity contribution is -0.151. The normalized spacial score (nSPS) is 21.4. The standard InChI is InChI=1S/C9H15O5P/c1-3-15(12,4-2)13-6-7-5-8(10)14-9(7)11/h5,9,11H,3-4,6H2,1-2H3. The van der Waals surface area contributed by atoms with E-state index in [2.05, 4.69) is 4.74 Å². The highest BCUT2D eigenvalue weighted by Gasteiger charge is 2.26. The van der Waals surface area contributed by atoms with Crippen LogP contribution in [-0.2, 0) is 18.6 Å². The van der Waals surface area contributed by atoms with Crippen LogP contribution in [0, 0.1) is 0 Å². The third kappa shape index (κ3) is 3.16. The first-order valence-electron chi connectivity index (χ1n) is 4.82. The minimum atomic E-state index is -2.60. The van der Waals surface area contributed by atoms with Crippen LogP contribution in [0.15, 0.2) is 11.6 Å². The summed E-state index contributed by atoms with van der Waals surface area (Å²) >= 11 is 0. The molecule has 86 valence electrons. The number of esters is 1. The molecule has 0 spiro atoms. The summed E-state index contributed by atoms with van der Waals surface area (Å²) in [6.07, 6.45) is 0.809. The molecule has 0 radical (unpaired) electrons. The minimum absolute atomic E-state index is 0.0220. The van der Waals surface area contributed by atoms with Gasteiger partial charge in [-0.3, -0.25) is 4.57 Å². The number of aliphatic hydroxyl groups is 1. The van der Waals surface area contributed by atoms with Crippen LogP contribution in [-0.4, -0.2) is 36.3 Å². The highest BCUT2D eigenvalue weighted by Crippen LogP contribution is 2.46. The lowest BCUT2D eigenvalue weighted by Gasteiger charge is -2.15. The molecule has 0 bridgehead atoms. The van der Waals surface area contributed by atoms with Gasteiger partial charge in [-0.1, -0.05) is 13.8 Å². The highest BCUT2D eigenvalue weighted by molar-refractivity contribution is 7.58. The zero-order chi connectivity index (χ0) is 11.5. The topological polar surface area (TPSA) is 72.8 Å². The molecule has 1 aliphatic heterocycles. The molecule has 0 saturated heterocycles. The second kappa shape index (κ2) is 4.92. The smallest absolute Gasteiger partial charge is 0.333 e. The van der Waals surface area contributed by atoms with E-state index >= 15 is 0 Å². The van der Waals surface area contributed by atoms with Gasteiger partial charge in [0.15, 0.2) is 0 Å². The predicted octanol–water partition coefficient (Wildman–Crippen LogP) is 1.12. The van der Waals surface area contributed by atoms with Crippen molar-refractivity contribution in [3.05, 3.63) is 11.6 Å². The number of hydrogen-bond donors (Lipinski definition) is 1. The van der Waals surface area contributed by atoms with E-state index in [0.717, 1.165) is 0 Å². The van der Waals surface area contributed by atoms with Crippen LogP contribution >= 0.6 is 7.37 Å². The van der Waals surface area contributed by atoms with Crippen molar-refractivity contribution in [2.45, 2.75) is 20.1 Å². The van der Waals surface area contributed by atoms with Crippen molar-refractivity contribution in [1.82, 2.24) is 0 Å². The van der Waals surface area contributed by atoms with Crippen molar-refractivity contribution in [3.63, 3.8) is 0 Å². The molecule has 0 amide bonds. The number of carbonyl (C=O) groups excluding carboxylic acids is 1. The molecule has 0 aromatic carbocycles. The molecule has 1 N–H and O–H groups in total. The van der Waals surface area contributed by atoms with Crippen LogP contribution in [0.1, 0.15) is 13.8 Å². The van der Waals surface area contributed by atoms with Gasteiger partial charge in [0.05, 0.1) is 6.61 Å². The van der Waals surface area contributed by atoms with E-state index in [-0.39, 0.29) is 6.61 Å².